The molecule has 5 heterocycles. The quantitative estimate of drug-likeness (QED) is 0.322. The number of piperidine rings is 1. The number of rotatable bonds is 8. The molecule has 4 aromatic rings. The molecule has 2 aliphatic heterocycles. The number of hydrogen-bond donors (Lipinski definition) is 1. The number of nitrogens with two attached hydrogens (primary N) is 1. The molecule has 2 N–H and O–H groups in total. The average molecular weight is 616 g/mol. The van der Waals surface area contributed by atoms with Gasteiger partial charge in [-0.1, -0.05) is 0 Å². The van der Waals surface area contributed by atoms with Crippen LogP contribution in [-0.4, -0.2) is 86.7 Å². The molecule has 5 aliphatic rings. The summed E-state index contributed by atoms with van der Waals surface area (Å²) in [5.41, 5.74) is 10.3. The van der Waals surface area contributed by atoms with Crippen LogP contribution in [0.5, 0.6) is 5.75 Å². The number of benzene rings is 1. The molecule has 44 heavy (non-hydrogen) atoms. The second-order valence-electron chi connectivity index (χ2n) is 13.5. The van der Waals surface area contributed by atoms with Crippen LogP contribution in [0.15, 0.2) is 36.5 Å². The zero-order chi connectivity index (χ0) is 29.9. The first-order valence-corrected chi connectivity index (χ1v) is 17.4. The van der Waals surface area contributed by atoms with Crippen molar-refractivity contribution in [3.63, 3.8) is 0 Å². The van der Waals surface area contributed by atoms with Crippen molar-refractivity contribution in [2.75, 3.05) is 26.7 Å². The average Bonchev–Trinajstić information content (AvgIpc) is 3.91. The Morgan fingerprint density at radius 1 is 1.07 bits per heavy atom. The van der Waals surface area contributed by atoms with E-state index in [2.05, 4.69) is 21.3 Å². The number of methoxy groups -OCH3 is 1. The van der Waals surface area contributed by atoms with Crippen LogP contribution in [0.1, 0.15) is 54.9 Å². The van der Waals surface area contributed by atoms with Crippen LogP contribution in [0.4, 0.5) is 0 Å². The molecule has 230 valence electrons. The third kappa shape index (κ3) is 3.99. The van der Waals surface area contributed by atoms with Crippen molar-refractivity contribution in [2.24, 2.45) is 17.6 Å². The number of pyridine rings is 1. The molecule has 3 atom stereocenters. The molecular weight excluding hydrogens is 578 g/mol. The van der Waals surface area contributed by atoms with Gasteiger partial charge in [-0.3, -0.25) is 4.79 Å². The summed E-state index contributed by atoms with van der Waals surface area (Å²) < 4.78 is 38.1. The van der Waals surface area contributed by atoms with Gasteiger partial charge in [-0.2, -0.15) is 4.31 Å². The van der Waals surface area contributed by atoms with Crippen LogP contribution in [0.3, 0.4) is 0 Å². The lowest BCUT2D eigenvalue weighted by molar-refractivity contribution is 0.0700. The Kier molecular flexibility index (Phi) is 5.81. The first-order chi connectivity index (χ1) is 21.3. The fourth-order valence-corrected chi connectivity index (χ4v) is 9.75. The van der Waals surface area contributed by atoms with Gasteiger partial charge in [0, 0.05) is 55.4 Å². The minimum absolute atomic E-state index is 0.0332. The van der Waals surface area contributed by atoms with Crippen LogP contribution >= 0.6 is 0 Å². The number of hydrogen-bond acceptors (Lipinski definition) is 7. The van der Waals surface area contributed by atoms with E-state index in [9.17, 15) is 13.2 Å². The molecule has 3 aromatic heterocycles. The molecule has 0 radical (unpaired) electrons. The summed E-state index contributed by atoms with van der Waals surface area (Å²) in [6, 6.07) is 9.84. The molecular formula is C32H37N7O4S. The maximum Gasteiger partial charge on any atom is 0.254 e. The van der Waals surface area contributed by atoms with Gasteiger partial charge in [0.25, 0.3) is 5.91 Å². The van der Waals surface area contributed by atoms with Crippen LogP contribution in [0.2, 0.25) is 0 Å². The highest BCUT2D eigenvalue weighted by Crippen LogP contribution is 2.43. The van der Waals surface area contributed by atoms with Gasteiger partial charge >= 0.3 is 0 Å². The predicted molar refractivity (Wildman–Crippen MR) is 166 cm³/mol. The highest BCUT2D eigenvalue weighted by atomic mass is 32.2. The number of ether oxygens (including phenoxy) is 1. The van der Waals surface area contributed by atoms with Crippen molar-refractivity contribution in [3.05, 3.63) is 42.1 Å². The van der Waals surface area contributed by atoms with Crippen molar-refractivity contribution in [3.8, 4) is 17.3 Å². The minimum atomic E-state index is -3.28. The summed E-state index contributed by atoms with van der Waals surface area (Å²) in [4.78, 5) is 25.8. The van der Waals surface area contributed by atoms with Gasteiger partial charge in [0.1, 0.15) is 16.9 Å². The van der Waals surface area contributed by atoms with Gasteiger partial charge in [0.2, 0.25) is 10.0 Å². The third-order valence-electron chi connectivity index (χ3n) is 10.7. The number of nitrogens with zero attached hydrogens (tertiary/aromatic N) is 6. The van der Waals surface area contributed by atoms with E-state index in [4.69, 9.17) is 20.4 Å². The number of aromatic nitrogens is 4. The Morgan fingerprint density at radius 2 is 1.89 bits per heavy atom. The number of carbonyl (C=O) groups is 1. The summed E-state index contributed by atoms with van der Waals surface area (Å²) >= 11 is 0. The Labute approximate surface area is 256 Å². The van der Waals surface area contributed by atoms with Crippen molar-refractivity contribution in [2.45, 2.75) is 68.4 Å². The van der Waals surface area contributed by atoms with E-state index in [-0.39, 0.29) is 29.3 Å². The smallest absolute Gasteiger partial charge is 0.254 e. The molecule has 1 aromatic carbocycles. The molecule has 9 rings (SSSR count). The Bertz CT molecular complexity index is 1940. The zero-order valence-electron chi connectivity index (χ0n) is 24.8. The lowest BCUT2D eigenvalue weighted by Crippen LogP contribution is -2.51. The largest absolute Gasteiger partial charge is 0.494 e. The SMILES string of the molecule is COc1cc(C(=O)N2CC3CCC2C3N)cc2nc(-c3cc4cccnc4n3CC3CC3)n(C3CN(S(=O)(=O)C4CC4)C3)c12. The molecule has 3 saturated carbocycles. The summed E-state index contributed by atoms with van der Waals surface area (Å²) in [6.45, 7) is 2.31. The van der Waals surface area contributed by atoms with E-state index in [1.165, 1.54) is 12.8 Å². The van der Waals surface area contributed by atoms with E-state index in [0.29, 0.717) is 48.3 Å². The highest BCUT2D eigenvalue weighted by molar-refractivity contribution is 7.90. The highest BCUT2D eigenvalue weighted by Gasteiger charge is 2.48. The van der Waals surface area contributed by atoms with Gasteiger partial charge in [0.05, 0.1) is 29.6 Å². The maximum absolute atomic E-state index is 13.9. The summed E-state index contributed by atoms with van der Waals surface area (Å²) in [6.07, 6.45) is 7.71. The van der Waals surface area contributed by atoms with Crippen molar-refractivity contribution >= 4 is 38.0 Å². The lowest BCUT2D eigenvalue weighted by atomic mass is 10.1. The molecule has 5 fully saturated rings. The van der Waals surface area contributed by atoms with E-state index in [0.717, 1.165) is 60.3 Å². The maximum atomic E-state index is 13.9. The predicted octanol–water partition coefficient (Wildman–Crippen LogP) is 3.38. The molecule has 0 spiro atoms. The summed E-state index contributed by atoms with van der Waals surface area (Å²) in [7, 11) is -1.66. The van der Waals surface area contributed by atoms with Gasteiger partial charge < -0.3 is 24.5 Å². The van der Waals surface area contributed by atoms with Gasteiger partial charge in [-0.05, 0) is 80.7 Å². The van der Waals surface area contributed by atoms with Gasteiger partial charge in [-0.15, -0.1) is 0 Å². The normalized spacial score (nSPS) is 25.8. The minimum Gasteiger partial charge on any atom is -0.494 e. The zero-order valence-corrected chi connectivity index (χ0v) is 25.6. The summed E-state index contributed by atoms with van der Waals surface area (Å²) in [5, 5.41) is 0.795. The van der Waals surface area contributed by atoms with E-state index in [1.807, 2.05) is 29.3 Å². The Morgan fingerprint density at radius 3 is 2.57 bits per heavy atom. The number of carbonyl (C=O) groups excluding carboxylic acids is 1. The Balaban J connectivity index is 1.19. The molecule has 2 bridgehead atoms. The molecule has 12 heteroatoms. The van der Waals surface area contributed by atoms with Crippen LogP contribution < -0.4 is 10.5 Å². The second-order valence-corrected chi connectivity index (χ2v) is 15.7. The van der Waals surface area contributed by atoms with Crippen molar-refractivity contribution < 1.29 is 17.9 Å². The number of likely N-dealkylation sites (tertiary alicyclic amines) is 1. The third-order valence-corrected chi connectivity index (χ3v) is 13.0. The van der Waals surface area contributed by atoms with E-state index < -0.39 is 10.0 Å². The standard InChI is InChI=1S/C32H37N7O4S/c1-43-27-13-21(32(40)38-15-20-6-9-25(38)28(20)33)11-24-29(27)39(22-16-36(17-22)44(41,42)23-7-8-23)31(35-24)26-12-19-3-2-10-34-30(19)37(26)14-18-4-5-18/h2-3,10-13,18,20,22-23,25,28H,4-9,14-17,33H2,1H3. The monoisotopic (exact) mass is 615 g/mol. The molecule has 3 aliphatic carbocycles. The topological polar surface area (TPSA) is 129 Å². The van der Waals surface area contributed by atoms with Gasteiger partial charge in [-0.25, -0.2) is 18.4 Å². The first-order valence-electron chi connectivity index (χ1n) is 15.9. The van der Waals surface area contributed by atoms with Crippen LogP contribution in [-0.2, 0) is 16.6 Å². The Hall–Kier alpha value is -3.48. The number of fused-ring (bicyclic) bond motifs is 4. The fourth-order valence-electron chi connectivity index (χ4n) is 7.84. The van der Waals surface area contributed by atoms with E-state index >= 15 is 0 Å². The second kappa shape index (κ2) is 9.51. The van der Waals surface area contributed by atoms with Crippen LogP contribution in [0, 0.1) is 11.8 Å². The number of amides is 1. The van der Waals surface area contributed by atoms with Crippen molar-refractivity contribution in [1.82, 2.24) is 28.3 Å². The lowest BCUT2D eigenvalue weighted by Gasteiger charge is -2.40. The van der Waals surface area contributed by atoms with Crippen molar-refractivity contribution in [1.29, 1.82) is 0 Å². The molecule has 2 saturated heterocycles. The van der Waals surface area contributed by atoms with E-state index in [1.54, 1.807) is 11.4 Å². The van der Waals surface area contributed by atoms with Gasteiger partial charge in [0.15, 0.2) is 5.82 Å². The van der Waals surface area contributed by atoms with Crippen LogP contribution in [0.25, 0.3) is 33.6 Å². The molecule has 1 amide bonds. The number of sulfonamides is 1. The first kappa shape index (κ1) is 26.9. The summed E-state index contributed by atoms with van der Waals surface area (Å²) in [5.74, 6) is 2.23. The fraction of sp³-hybridized carbons (Fsp3) is 0.531. The molecule has 11 nitrogen and oxygen atoms in total. The molecule has 3 unspecified atom stereocenters. The number of imidazole rings is 1.